The predicted molar refractivity (Wildman–Crippen MR) is 52.3 cm³/mol. The Hall–Kier alpha value is -0.233. The summed E-state index contributed by atoms with van der Waals surface area (Å²) in [5.41, 5.74) is 0. The van der Waals surface area contributed by atoms with Crippen LogP contribution in [0.2, 0.25) is 0 Å². The zero-order chi connectivity index (χ0) is 7.68. The minimum atomic E-state index is -1.02. The fraction of sp³-hybridized carbons (Fsp3) is 0.143. The zero-order valence-corrected chi connectivity index (χ0v) is 8.87. The van der Waals surface area contributed by atoms with Gasteiger partial charge in [0.2, 0.25) is 0 Å². The first-order chi connectivity index (χ1) is 5.40. The molecule has 0 aromatic heterocycles. The molecule has 1 aromatic rings. The Balaban J connectivity index is 2.27. The molecule has 0 aliphatic carbocycles. The lowest BCUT2D eigenvalue weighted by atomic mass is 10.3. The maximum Gasteiger partial charge on any atom is 0.543 e. The van der Waals surface area contributed by atoms with Crippen LogP contribution in [0, 0.1) is 0 Å². The molecule has 0 fully saturated rings. The van der Waals surface area contributed by atoms with Crippen LogP contribution in [-0.2, 0) is 0 Å². The fourth-order valence-corrected chi connectivity index (χ4v) is 2.85. The maximum atomic E-state index is 5.53. The van der Waals surface area contributed by atoms with Crippen molar-refractivity contribution in [3.05, 3.63) is 24.3 Å². The number of fused-ring (bicyclic) bond motifs is 1. The highest BCUT2D eigenvalue weighted by atomic mass is 127. The number of halogens is 1. The van der Waals surface area contributed by atoms with Crippen LogP contribution in [0.15, 0.2) is 24.3 Å². The van der Waals surface area contributed by atoms with Crippen LogP contribution in [0.25, 0.3) is 0 Å². The van der Waals surface area contributed by atoms with Gasteiger partial charge in [-0.1, -0.05) is 34.7 Å². The van der Waals surface area contributed by atoms with E-state index in [1.807, 2.05) is 24.3 Å². The highest BCUT2D eigenvalue weighted by Gasteiger charge is 2.28. The van der Waals surface area contributed by atoms with E-state index in [2.05, 4.69) is 22.6 Å². The van der Waals surface area contributed by atoms with Crippen molar-refractivity contribution in [2.24, 2.45) is 0 Å². The summed E-state index contributed by atoms with van der Waals surface area (Å²) < 4.78 is 12.0. The molecule has 0 spiro atoms. The molecule has 0 amide bonds. The van der Waals surface area contributed by atoms with Crippen LogP contribution in [0.5, 0.6) is 11.5 Å². The third-order valence-electron chi connectivity index (χ3n) is 1.41. The molecule has 0 bridgehead atoms. The Morgan fingerprint density at radius 2 is 1.73 bits per heavy atom. The predicted octanol–water partition coefficient (Wildman–Crippen LogP) is 1.92. The highest BCUT2D eigenvalue weighted by Crippen LogP contribution is 2.32. The van der Waals surface area contributed by atoms with Gasteiger partial charge in [-0.05, 0) is 12.1 Å². The number of rotatable bonds is 1. The normalized spacial score (nSPS) is 15.4. The van der Waals surface area contributed by atoms with E-state index < -0.39 is 9.28 Å². The molecule has 1 radical (unpaired) electrons. The monoisotopic (exact) mass is 277 g/mol. The molecule has 1 aliphatic rings. The van der Waals surface area contributed by atoms with Gasteiger partial charge >= 0.3 is 9.28 Å². The van der Waals surface area contributed by atoms with Crippen molar-refractivity contribution in [3.8, 4) is 11.5 Å². The van der Waals surface area contributed by atoms with Crippen LogP contribution in [0.3, 0.4) is 0 Å². The number of alkyl halides is 1. The molecule has 0 unspecified atom stereocenters. The Morgan fingerprint density at radius 3 is 2.18 bits per heavy atom. The Morgan fingerprint density at radius 1 is 1.18 bits per heavy atom. The second kappa shape index (κ2) is 3.02. The average Bonchev–Trinajstić information content (AvgIpc) is 2.46. The molecule has 1 heterocycles. The summed E-state index contributed by atoms with van der Waals surface area (Å²) in [4.78, 5) is 0. The topological polar surface area (TPSA) is 18.5 Å². The molecule has 57 valence electrons. The van der Waals surface area contributed by atoms with E-state index >= 15 is 0 Å². The van der Waals surface area contributed by atoms with Crippen molar-refractivity contribution in [3.63, 3.8) is 0 Å². The van der Waals surface area contributed by atoms with Crippen molar-refractivity contribution in [1.29, 1.82) is 0 Å². The van der Waals surface area contributed by atoms with Gasteiger partial charge in [0, 0.05) is 0 Å². The minimum absolute atomic E-state index is 0.901. The molecule has 11 heavy (non-hydrogen) atoms. The van der Waals surface area contributed by atoms with Crippen LogP contribution >= 0.6 is 22.6 Å². The fourth-order valence-electron chi connectivity index (χ4n) is 0.939. The first-order valence-corrected chi connectivity index (χ1v) is 6.31. The quantitative estimate of drug-likeness (QED) is 0.443. The Bertz CT molecular complexity index is 241. The molecule has 4 heteroatoms. The van der Waals surface area contributed by atoms with Crippen LogP contribution in [0.4, 0.5) is 0 Å². The van der Waals surface area contributed by atoms with Gasteiger partial charge in [-0.3, -0.25) is 0 Å². The lowest BCUT2D eigenvalue weighted by Gasteiger charge is -1.97. The van der Waals surface area contributed by atoms with E-state index in [1.165, 1.54) is 0 Å². The summed E-state index contributed by atoms with van der Waals surface area (Å²) in [6, 6.07) is 7.80. The van der Waals surface area contributed by atoms with Crippen LogP contribution < -0.4 is 8.85 Å². The van der Waals surface area contributed by atoms with E-state index in [4.69, 9.17) is 8.85 Å². The second-order valence-corrected chi connectivity index (χ2v) is 5.86. The van der Waals surface area contributed by atoms with Crippen molar-refractivity contribution in [1.82, 2.24) is 0 Å². The van der Waals surface area contributed by atoms with Gasteiger partial charge in [0.1, 0.15) is 11.5 Å². The summed E-state index contributed by atoms with van der Waals surface area (Å²) in [5.74, 6) is 1.80. The minimum Gasteiger partial charge on any atom is -0.506 e. The molecule has 0 saturated carbocycles. The number of para-hydroxylation sites is 2. The first kappa shape index (κ1) is 7.42. The Kier molecular flexibility index (Phi) is 2.04. The van der Waals surface area contributed by atoms with Gasteiger partial charge in [0.25, 0.3) is 0 Å². The van der Waals surface area contributed by atoms with Crippen LogP contribution in [-0.4, -0.2) is 13.3 Å². The summed E-state index contributed by atoms with van der Waals surface area (Å²) >= 11 is 2.28. The smallest absolute Gasteiger partial charge is 0.506 e. The van der Waals surface area contributed by atoms with Gasteiger partial charge in [-0.15, -0.1) is 0 Å². The van der Waals surface area contributed by atoms with Gasteiger partial charge in [-0.2, -0.15) is 0 Å². The average molecular weight is 277 g/mol. The van der Waals surface area contributed by atoms with Crippen molar-refractivity contribution in [2.45, 2.75) is 0 Å². The number of benzene rings is 1. The van der Waals surface area contributed by atoms with E-state index in [1.54, 1.807) is 0 Å². The zero-order valence-electron chi connectivity index (χ0n) is 5.71. The van der Waals surface area contributed by atoms with Gasteiger partial charge in [-0.25, -0.2) is 0 Å². The molecule has 2 nitrogen and oxygen atoms in total. The molecular weight excluding hydrogens is 271 g/mol. The summed E-state index contributed by atoms with van der Waals surface area (Å²) in [6.45, 7) is 0. The summed E-state index contributed by atoms with van der Waals surface area (Å²) in [5, 5.41) is 0. The van der Waals surface area contributed by atoms with Gasteiger partial charge < -0.3 is 8.85 Å². The lowest BCUT2D eigenvalue weighted by molar-refractivity contribution is 0.509. The third-order valence-corrected chi connectivity index (χ3v) is 4.39. The SMILES string of the molecule is IC[Si]1Oc2ccccc2O1. The van der Waals surface area contributed by atoms with Crippen molar-refractivity contribution >= 4 is 31.9 Å². The molecule has 1 aromatic carbocycles. The van der Waals surface area contributed by atoms with Gasteiger partial charge in [0.15, 0.2) is 0 Å². The largest absolute Gasteiger partial charge is 0.543 e. The summed E-state index contributed by atoms with van der Waals surface area (Å²) in [7, 11) is -1.02. The molecule has 1 aliphatic heterocycles. The lowest BCUT2D eigenvalue weighted by Crippen LogP contribution is -2.26. The third kappa shape index (κ3) is 1.37. The van der Waals surface area contributed by atoms with Crippen molar-refractivity contribution in [2.75, 3.05) is 4.05 Å². The molecule has 2 rings (SSSR count). The molecule has 0 atom stereocenters. The first-order valence-electron chi connectivity index (χ1n) is 3.26. The van der Waals surface area contributed by atoms with E-state index in [0.29, 0.717) is 0 Å². The standard InChI is InChI=1S/C7H6IO2Si/c8-5-11-9-6-3-1-2-4-7(6)10-11/h1-4H,5H2. The van der Waals surface area contributed by atoms with E-state index in [0.717, 1.165) is 15.5 Å². The highest BCUT2D eigenvalue weighted by molar-refractivity contribution is 14.1. The number of hydrogen-bond donors (Lipinski definition) is 0. The van der Waals surface area contributed by atoms with E-state index in [9.17, 15) is 0 Å². The van der Waals surface area contributed by atoms with Gasteiger partial charge in [0.05, 0.1) is 4.05 Å². The second-order valence-electron chi connectivity index (χ2n) is 2.16. The maximum absolute atomic E-state index is 5.53. The number of hydrogen-bond acceptors (Lipinski definition) is 2. The molecule has 0 N–H and O–H groups in total. The molecule has 0 saturated heterocycles. The van der Waals surface area contributed by atoms with Crippen LogP contribution in [0.1, 0.15) is 0 Å². The Labute approximate surface area is 80.5 Å². The summed E-state index contributed by atoms with van der Waals surface area (Å²) in [6.07, 6.45) is 0. The van der Waals surface area contributed by atoms with Crippen molar-refractivity contribution < 1.29 is 8.85 Å². The van der Waals surface area contributed by atoms with E-state index in [-0.39, 0.29) is 0 Å². The molecular formula is C7H6IO2Si.